The van der Waals surface area contributed by atoms with Gasteiger partial charge in [-0.3, -0.25) is 14.3 Å². The Kier molecular flexibility index (Phi) is 4.88. The first kappa shape index (κ1) is 17.2. The number of likely N-dealkylation sites (tertiary alicyclic amines) is 1. The van der Waals surface area contributed by atoms with E-state index in [1.807, 2.05) is 44.2 Å². The van der Waals surface area contributed by atoms with Crippen LogP contribution in [0.25, 0.3) is 0 Å². The van der Waals surface area contributed by atoms with Gasteiger partial charge in [0.25, 0.3) is 0 Å². The number of nitrogens with zero attached hydrogens (tertiary/aromatic N) is 3. The van der Waals surface area contributed by atoms with Crippen molar-refractivity contribution in [3.8, 4) is 0 Å². The van der Waals surface area contributed by atoms with Crippen molar-refractivity contribution in [1.82, 2.24) is 14.7 Å². The second-order valence-corrected chi connectivity index (χ2v) is 6.55. The van der Waals surface area contributed by atoms with E-state index in [1.165, 1.54) is 5.56 Å². The smallest absolute Gasteiger partial charge is 0.248 e. The molecule has 1 atom stereocenters. The van der Waals surface area contributed by atoms with Gasteiger partial charge in [-0.1, -0.05) is 36.8 Å². The third-order valence-corrected chi connectivity index (χ3v) is 4.65. The molecule has 6 heteroatoms. The van der Waals surface area contributed by atoms with Crippen LogP contribution in [-0.2, 0) is 29.6 Å². The number of hydrogen-bond donors (Lipinski definition) is 1. The van der Waals surface area contributed by atoms with Gasteiger partial charge in [-0.25, -0.2) is 0 Å². The Hall–Kier alpha value is -2.63. The van der Waals surface area contributed by atoms with Gasteiger partial charge < -0.3 is 10.2 Å². The van der Waals surface area contributed by atoms with Crippen LogP contribution in [0.15, 0.2) is 30.3 Å². The van der Waals surface area contributed by atoms with Crippen molar-refractivity contribution in [2.75, 3.05) is 5.32 Å². The lowest BCUT2D eigenvalue weighted by molar-refractivity contribution is -0.133. The fourth-order valence-electron chi connectivity index (χ4n) is 3.12. The lowest BCUT2D eigenvalue weighted by Crippen LogP contribution is -2.41. The normalized spacial score (nSPS) is 17.2. The molecule has 1 aromatic carbocycles. The van der Waals surface area contributed by atoms with Gasteiger partial charge in [0.15, 0.2) is 0 Å². The second-order valence-electron chi connectivity index (χ2n) is 6.55. The predicted octanol–water partition coefficient (Wildman–Crippen LogP) is 2.42. The first-order valence-corrected chi connectivity index (χ1v) is 8.66. The standard InChI is InChI=1S/C19H24N4O2/c1-4-15-11-17(22(3)21-15)20-19(25)16-9-10-18(24)23(16)12-14-7-5-13(2)6-8-14/h5-8,11,16H,4,9-10,12H2,1-3H3,(H,20,25). The number of amides is 2. The van der Waals surface area contributed by atoms with Crippen LogP contribution >= 0.6 is 0 Å². The number of benzene rings is 1. The summed E-state index contributed by atoms with van der Waals surface area (Å²) in [6.45, 7) is 4.51. The largest absolute Gasteiger partial charge is 0.326 e. The van der Waals surface area contributed by atoms with Crippen LogP contribution in [0.4, 0.5) is 5.82 Å². The molecule has 1 aliphatic rings. The molecule has 132 valence electrons. The lowest BCUT2D eigenvalue weighted by Gasteiger charge is -2.24. The summed E-state index contributed by atoms with van der Waals surface area (Å²) in [5.41, 5.74) is 3.14. The van der Waals surface area contributed by atoms with Crippen LogP contribution in [0.2, 0.25) is 0 Å². The number of anilines is 1. The van der Waals surface area contributed by atoms with E-state index in [1.54, 1.807) is 16.6 Å². The Morgan fingerprint density at radius 1 is 1.32 bits per heavy atom. The number of nitrogens with one attached hydrogen (secondary N) is 1. The molecule has 3 rings (SSSR count). The minimum Gasteiger partial charge on any atom is -0.326 e. The average molecular weight is 340 g/mol. The number of hydrogen-bond acceptors (Lipinski definition) is 3. The van der Waals surface area contributed by atoms with E-state index in [0.29, 0.717) is 25.2 Å². The minimum atomic E-state index is -0.436. The molecule has 0 radical (unpaired) electrons. The zero-order valence-electron chi connectivity index (χ0n) is 15.0. The molecule has 6 nitrogen and oxygen atoms in total. The summed E-state index contributed by atoms with van der Waals surface area (Å²) in [6.07, 6.45) is 1.77. The van der Waals surface area contributed by atoms with Gasteiger partial charge in [0.05, 0.1) is 5.69 Å². The van der Waals surface area contributed by atoms with E-state index < -0.39 is 6.04 Å². The van der Waals surface area contributed by atoms with Gasteiger partial charge in [0.2, 0.25) is 11.8 Å². The fraction of sp³-hybridized carbons (Fsp3) is 0.421. The zero-order valence-corrected chi connectivity index (χ0v) is 15.0. The highest BCUT2D eigenvalue weighted by molar-refractivity contribution is 5.98. The minimum absolute atomic E-state index is 0.0278. The molecule has 1 aliphatic heterocycles. The van der Waals surface area contributed by atoms with Crippen molar-refractivity contribution in [1.29, 1.82) is 0 Å². The average Bonchev–Trinajstić information content (AvgIpc) is 3.13. The van der Waals surface area contributed by atoms with Crippen LogP contribution in [-0.4, -0.2) is 32.5 Å². The van der Waals surface area contributed by atoms with Crippen molar-refractivity contribution in [2.24, 2.45) is 7.05 Å². The Morgan fingerprint density at radius 3 is 2.68 bits per heavy atom. The molecular formula is C19H24N4O2. The molecule has 1 aromatic heterocycles. The monoisotopic (exact) mass is 340 g/mol. The summed E-state index contributed by atoms with van der Waals surface area (Å²) in [4.78, 5) is 26.7. The number of carbonyl (C=O) groups is 2. The molecule has 2 aromatic rings. The third-order valence-electron chi connectivity index (χ3n) is 4.65. The third kappa shape index (κ3) is 3.73. The van der Waals surface area contributed by atoms with Crippen molar-refractivity contribution < 1.29 is 9.59 Å². The van der Waals surface area contributed by atoms with Gasteiger partial charge in [0, 0.05) is 26.1 Å². The number of aromatic nitrogens is 2. The van der Waals surface area contributed by atoms with Crippen molar-refractivity contribution in [2.45, 2.75) is 45.7 Å². The van der Waals surface area contributed by atoms with Crippen LogP contribution < -0.4 is 5.32 Å². The van der Waals surface area contributed by atoms with Crippen LogP contribution in [0.1, 0.15) is 36.6 Å². The maximum atomic E-state index is 12.7. The van der Waals surface area contributed by atoms with Gasteiger partial charge in [-0.2, -0.15) is 5.10 Å². The molecule has 2 heterocycles. The van der Waals surface area contributed by atoms with Crippen molar-refractivity contribution in [3.05, 3.63) is 47.2 Å². The molecule has 25 heavy (non-hydrogen) atoms. The number of aryl methyl sites for hydroxylation is 3. The molecule has 0 bridgehead atoms. The van der Waals surface area contributed by atoms with E-state index >= 15 is 0 Å². The predicted molar refractivity (Wildman–Crippen MR) is 96.0 cm³/mol. The second kappa shape index (κ2) is 7.09. The van der Waals surface area contributed by atoms with Gasteiger partial charge in [0.1, 0.15) is 11.9 Å². The molecular weight excluding hydrogens is 316 g/mol. The van der Waals surface area contributed by atoms with Gasteiger partial charge in [-0.15, -0.1) is 0 Å². The zero-order chi connectivity index (χ0) is 18.0. The SMILES string of the molecule is CCc1cc(NC(=O)C2CCC(=O)N2Cc2ccc(C)cc2)n(C)n1. The highest BCUT2D eigenvalue weighted by atomic mass is 16.2. The first-order valence-electron chi connectivity index (χ1n) is 8.66. The van der Waals surface area contributed by atoms with E-state index in [-0.39, 0.29) is 11.8 Å². The first-order chi connectivity index (χ1) is 12.0. The van der Waals surface area contributed by atoms with E-state index in [4.69, 9.17) is 0 Å². The van der Waals surface area contributed by atoms with Crippen molar-refractivity contribution in [3.63, 3.8) is 0 Å². The summed E-state index contributed by atoms with van der Waals surface area (Å²) in [5.74, 6) is 0.542. The maximum absolute atomic E-state index is 12.7. The van der Waals surface area contributed by atoms with Gasteiger partial charge >= 0.3 is 0 Å². The van der Waals surface area contributed by atoms with E-state index in [9.17, 15) is 9.59 Å². The molecule has 1 unspecified atom stereocenters. The summed E-state index contributed by atoms with van der Waals surface area (Å²) in [7, 11) is 1.80. The Bertz CT molecular complexity index is 779. The number of carbonyl (C=O) groups excluding carboxylic acids is 2. The maximum Gasteiger partial charge on any atom is 0.248 e. The summed E-state index contributed by atoms with van der Waals surface area (Å²) in [5, 5.41) is 7.26. The van der Waals surface area contributed by atoms with E-state index in [2.05, 4.69) is 10.4 Å². The summed E-state index contributed by atoms with van der Waals surface area (Å²) in [6, 6.07) is 9.49. The Balaban J connectivity index is 1.72. The molecule has 0 aliphatic carbocycles. The van der Waals surface area contributed by atoms with E-state index in [0.717, 1.165) is 17.7 Å². The molecule has 1 fully saturated rings. The van der Waals surface area contributed by atoms with Crippen molar-refractivity contribution >= 4 is 17.6 Å². The quantitative estimate of drug-likeness (QED) is 0.909. The summed E-state index contributed by atoms with van der Waals surface area (Å²) < 4.78 is 1.66. The highest BCUT2D eigenvalue weighted by Crippen LogP contribution is 2.23. The lowest BCUT2D eigenvalue weighted by atomic mass is 10.1. The van der Waals surface area contributed by atoms with Crippen LogP contribution in [0, 0.1) is 6.92 Å². The highest BCUT2D eigenvalue weighted by Gasteiger charge is 2.36. The van der Waals surface area contributed by atoms with Crippen LogP contribution in [0.3, 0.4) is 0 Å². The molecule has 0 saturated carbocycles. The summed E-state index contributed by atoms with van der Waals surface area (Å²) >= 11 is 0. The molecule has 1 saturated heterocycles. The fourth-order valence-corrected chi connectivity index (χ4v) is 3.12. The van der Waals surface area contributed by atoms with Crippen LogP contribution in [0.5, 0.6) is 0 Å². The Labute approximate surface area is 147 Å². The molecule has 2 amide bonds. The van der Waals surface area contributed by atoms with Gasteiger partial charge in [-0.05, 0) is 25.3 Å². The topological polar surface area (TPSA) is 67.2 Å². The molecule has 1 N–H and O–H groups in total. The number of rotatable bonds is 5. The Morgan fingerprint density at radius 2 is 2.04 bits per heavy atom. The molecule has 0 spiro atoms.